The largest absolute Gasteiger partial charge is 0.497 e. The molecule has 0 radical (unpaired) electrons. The minimum absolute atomic E-state index is 0.202. The molecule has 0 spiro atoms. The Morgan fingerprint density at radius 1 is 1.35 bits per heavy atom. The monoisotopic (exact) mass is 233 g/mol. The Balaban J connectivity index is 2.37. The van der Waals surface area contributed by atoms with E-state index in [0.717, 1.165) is 6.20 Å². The van der Waals surface area contributed by atoms with E-state index in [4.69, 9.17) is 4.74 Å². The molecule has 1 aromatic heterocycles. The van der Waals surface area contributed by atoms with E-state index in [0.29, 0.717) is 11.3 Å². The second-order valence-corrected chi connectivity index (χ2v) is 3.58. The van der Waals surface area contributed by atoms with Crippen molar-refractivity contribution < 1.29 is 14.2 Å². The summed E-state index contributed by atoms with van der Waals surface area (Å²) < 4.78 is 18.5. The van der Waals surface area contributed by atoms with Gasteiger partial charge in [-0.25, -0.2) is 4.39 Å². The van der Waals surface area contributed by atoms with Crippen molar-refractivity contribution in [1.82, 2.24) is 4.98 Å². The summed E-state index contributed by atoms with van der Waals surface area (Å²) in [6.07, 6.45) is 1.51. The topological polar surface area (TPSA) is 42.4 Å². The van der Waals surface area contributed by atoms with Gasteiger partial charge in [-0.1, -0.05) is 12.1 Å². The predicted octanol–water partition coefficient (Wildman–Crippen LogP) is 2.31. The fourth-order valence-corrected chi connectivity index (χ4v) is 1.60. The quantitative estimate of drug-likeness (QED) is 0.884. The van der Waals surface area contributed by atoms with Crippen molar-refractivity contribution in [1.29, 1.82) is 0 Å². The van der Waals surface area contributed by atoms with Gasteiger partial charge in [-0.2, -0.15) is 0 Å². The number of benzene rings is 1. The summed E-state index contributed by atoms with van der Waals surface area (Å²) in [6.45, 7) is 0. The first-order valence-corrected chi connectivity index (χ1v) is 5.14. The van der Waals surface area contributed by atoms with Gasteiger partial charge in [0.25, 0.3) is 0 Å². The van der Waals surface area contributed by atoms with Gasteiger partial charge in [-0.3, -0.25) is 4.98 Å². The van der Waals surface area contributed by atoms with E-state index in [-0.39, 0.29) is 5.56 Å². The highest BCUT2D eigenvalue weighted by Gasteiger charge is 2.15. The van der Waals surface area contributed by atoms with Gasteiger partial charge in [0.1, 0.15) is 17.7 Å². The predicted molar refractivity (Wildman–Crippen MR) is 61.3 cm³/mol. The highest BCUT2D eigenvalue weighted by atomic mass is 19.1. The highest BCUT2D eigenvalue weighted by molar-refractivity contribution is 5.35. The molecule has 1 unspecified atom stereocenters. The fraction of sp³-hybridized carbons (Fsp3) is 0.154. The van der Waals surface area contributed by atoms with Gasteiger partial charge < -0.3 is 9.84 Å². The molecule has 4 heteroatoms. The summed E-state index contributed by atoms with van der Waals surface area (Å²) in [6, 6.07) is 8.35. The number of aliphatic hydroxyl groups excluding tert-OH is 1. The third-order valence-corrected chi connectivity index (χ3v) is 2.51. The van der Waals surface area contributed by atoms with E-state index in [1.165, 1.54) is 12.3 Å². The number of pyridine rings is 1. The van der Waals surface area contributed by atoms with Crippen LogP contribution in [0.25, 0.3) is 0 Å². The van der Waals surface area contributed by atoms with Crippen LogP contribution in [0.2, 0.25) is 0 Å². The Bertz CT molecular complexity index is 516. The first-order chi connectivity index (χ1) is 8.22. The molecule has 1 aromatic carbocycles. The standard InChI is InChI=1S/C13H12FNO2/c1-17-10-4-2-3-9(7-10)13(16)11-5-6-15-8-12(11)14/h2-8,13,16H,1H3. The summed E-state index contributed by atoms with van der Waals surface area (Å²) in [7, 11) is 1.54. The molecule has 0 amide bonds. The van der Waals surface area contributed by atoms with E-state index in [9.17, 15) is 9.50 Å². The lowest BCUT2D eigenvalue weighted by Gasteiger charge is -2.12. The summed E-state index contributed by atoms with van der Waals surface area (Å²) >= 11 is 0. The van der Waals surface area contributed by atoms with Crippen molar-refractivity contribution in [2.24, 2.45) is 0 Å². The average Bonchev–Trinajstić information content (AvgIpc) is 2.38. The molecule has 0 saturated heterocycles. The highest BCUT2D eigenvalue weighted by Crippen LogP contribution is 2.26. The van der Waals surface area contributed by atoms with Crippen LogP contribution in [0.1, 0.15) is 17.2 Å². The Labute approximate surface area is 98.5 Å². The zero-order valence-corrected chi connectivity index (χ0v) is 9.30. The van der Waals surface area contributed by atoms with Crippen LogP contribution in [-0.2, 0) is 0 Å². The van der Waals surface area contributed by atoms with Crippen molar-refractivity contribution in [2.45, 2.75) is 6.10 Å². The second kappa shape index (κ2) is 4.93. The van der Waals surface area contributed by atoms with Crippen molar-refractivity contribution in [3.63, 3.8) is 0 Å². The molecule has 0 fully saturated rings. The van der Waals surface area contributed by atoms with Crippen molar-refractivity contribution in [3.05, 3.63) is 59.7 Å². The van der Waals surface area contributed by atoms with E-state index in [1.807, 2.05) is 0 Å². The summed E-state index contributed by atoms with van der Waals surface area (Å²) in [5, 5.41) is 10.1. The van der Waals surface area contributed by atoms with Gasteiger partial charge in [0.2, 0.25) is 0 Å². The molecule has 1 atom stereocenters. The molecule has 1 heterocycles. The molecule has 0 aliphatic heterocycles. The maximum Gasteiger partial charge on any atom is 0.147 e. The molecule has 0 saturated carbocycles. The van der Waals surface area contributed by atoms with Crippen LogP contribution in [-0.4, -0.2) is 17.2 Å². The van der Waals surface area contributed by atoms with Crippen LogP contribution < -0.4 is 4.74 Å². The zero-order valence-electron chi connectivity index (χ0n) is 9.30. The molecule has 3 nitrogen and oxygen atoms in total. The number of aliphatic hydroxyl groups is 1. The number of hydrogen-bond donors (Lipinski definition) is 1. The molecule has 17 heavy (non-hydrogen) atoms. The number of methoxy groups -OCH3 is 1. The number of aromatic nitrogens is 1. The Hall–Kier alpha value is -1.94. The number of nitrogens with zero attached hydrogens (tertiary/aromatic N) is 1. The molecule has 0 aliphatic rings. The van der Waals surface area contributed by atoms with Gasteiger partial charge in [-0.05, 0) is 23.8 Å². The Kier molecular flexibility index (Phi) is 3.35. The lowest BCUT2D eigenvalue weighted by Crippen LogP contribution is -2.03. The van der Waals surface area contributed by atoms with E-state index < -0.39 is 11.9 Å². The minimum Gasteiger partial charge on any atom is -0.497 e. The summed E-state index contributed by atoms with van der Waals surface area (Å²) in [5.41, 5.74) is 0.780. The van der Waals surface area contributed by atoms with Crippen LogP contribution in [0.15, 0.2) is 42.7 Å². The lowest BCUT2D eigenvalue weighted by atomic mass is 10.0. The van der Waals surface area contributed by atoms with Gasteiger partial charge in [0.15, 0.2) is 0 Å². The zero-order chi connectivity index (χ0) is 12.3. The van der Waals surface area contributed by atoms with Crippen LogP contribution in [0.3, 0.4) is 0 Å². The molecular weight excluding hydrogens is 221 g/mol. The summed E-state index contributed by atoms with van der Waals surface area (Å²) in [5.74, 6) is 0.0961. The fourth-order valence-electron chi connectivity index (χ4n) is 1.60. The smallest absolute Gasteiger partial charge is 0.147 e. The van der Waals surface area contributed by atoms with Crippen LogP contribution in [0.5, 0.6) is 5.75 Å². The number of ether oxygens (including phenoxy) is 1. The molecule has 2 aromatic rings. The minimum atomic E-state index is -1.02. The third-order valence-electron chi connectivity index (χ3n) is 2.51. The van der Waals surface area contributed by atoms with E-state index >= 15 is 0 Å². The Morgan fingerprint density at radius 2 is 2.18 bits per heavy atom. The average molecular weight is 233 g/mol. The molecule has 1 N–H and O–H groups in total. The maximum atomic E-state index is 13.5. The van der Waals surface area contributed by atoms with E-state index in [2.05, 4.69) is 4.98 Å². The lowest BCUT2D eigenvalue weighted by molar-refractivity contribution is 0.214. The molecule has 2 rings (SSSR count). The third kappa shape index (κ3) is 2.42. The normalized spacial score (nSPS) is 12.2. The van der Waals surface area contributed by atoms with Gasteiger partial charge in [0, 0.05) is 11.8 Å². The summed E-state index contributed by atoms with van der Waals surface area (Å²) in [4.78, 5) is 3.64. The van der Waals surface area contributed by atoms with Crippen LogP contribution >= 0.6 is 0 Å². The van der Waals surface area contributed by atoms with Crippen LogP contribution in [0, 0.1) is 5.82 Å². The van der Waals surface area contributed by atoms with E-state index in [1.54, 1.807) is 31.4 Å². The number of rotatable bonds is 3. The van der Waals surface area contributed by atoms with Crippen molar-refractivity contribution in [2.75, 3.05) is 7.11 Å². The molecule has 88 valence electrons. The molecule has 0 aliphatic carbocycles. The number of hydrogen-bond acceptors (Lipinski definition) is 3. The Morgan fingerprint density at radius 3 is 2.88 bits per heavy atom. The maximum absolute atomic E-state index is 13.5. The second-order valence-electron chi connectivity index (χ2n) is 3.58. The SMILES string of the molecule is COc1cccc(C(O)c2ccncc2F)c1. The first kappa shape index (κ1) is 11.5. The van der Waals surface area contributed by atoms with Crippen molar-refractivity contribution in [3.8, 4) is 5.75 Å². The molecular formula is C13H12FNO2. The number of halogens is 1. The first-order valence-electron chi connectivity index (χ1n) is 5.14. The molecule has 0 bridgehead atoms. The van der Waals surface area contributed by atoms with Gasteiger partial charge in [-0.15, -0.1) is 0 Å². The van der Waals surface area contributed by atoms with Crippen LogP contribution in [0.4, 0.5) is 4.39 Å². The van der Waals surface area contributed by atoms with Gasteiger partial charge >= 0.3 is 0 Å². The van der Waals surface area contributed by atoms with Gasteiger partial charge in [0.05, 0.1) is 13.3 Å². The van der Waals surface area contributed by atoms with Crippen molar-refractivity contribution >= 4 is 0 Å².